The molecule has 0 radical (unpaired) electrons. The van der Waals surface area contributed by atoms with Gasteiger partial charge in [-0.25, -0.2) is 4.98 Å². The zero-order valence-electron chi connectivity index (χ0n) is 18.4. The van der Waals surface area contributed by atoms with E-state index in [0.717, 1.165) is 47.6 Å². The number of fused-ring (bicyclic) bond motifs is 1. The number of methoxy groups -OCH3 is 1. The van der Waals surface area contributed by atoms with E-state index in [0.29, 0.717) is 24.7 Å². The van der Waals surface area contributed by atoms with Crippen molar-refractivity contribution in [3.63, 3.8) is 0 Å². The topological polar surface area (TPSA) is 45.5 Å². The van der Waals surface area contributed by atoms with E-state index in [2.05, 4.69) is 23.3 Å². The third-order valence-electron chi connectivity index (χ3n) is 5.28. The van der Waals surface area contributed by atoms with Gasteiger partial charge in [-0.05, 0) is 48.7 Å². The lowest BCUT2D eigenvalue weighted by Gasteiger charge is -2.13. The molecule has 0 saturated heterocycles. The Bertz CT molecular complexity index is 1180. The number of nitrogens with zero attached hydrogens (tertiary/aromatic N) is 2. The highest BCUT2D eigenvalue weighted by molar-refractivity contribution is 5.75. The minimum Gasteiger partial charge on any atom is -0.493 e. The molecule has 0 fully saturated rings. The van der Waals surface area contributed by atoms with Crippen molar-refractivity contribution < 1.29 is 14.2 Å². The Hall–Kier alpha value is -3.73. The quantitative estimate of drug-likeness (QED) is 0.223. The van der Waals surface area contributed by atoms with Crippen molar-refractivity contribution in [2.45, 2.75) is 26.0 Å². The Labute approximate surface area is 188 Å². The lowest BCUT2D eigenvalue weighted by molar-refractivity contribution is 0.267. The number of benzene rings is 3. The number of allylic oxidation sites excluding steroid dienone is 1. The molecule has 4 aromatic rings. The lowest BCUT2D eigenvalue weighted by atomic mass is 10.1. The Morgan fingerprint density at radius 3 is 2.41 bits per heavy atom. The predicted octanol–water partition coefficient (Wildman–Crippen LogP) is 5.82. The fourth-order valence-electron chi connectivity index (χ4n) is 3.74. The van der Waals surface area contributed by atoms with Gasteiger partial charge in [0, 0.05) is 6.54 Å². The lowest BCUT2D eigenvalue weighted by Crippen LogP contribution is -2.10. The van der Waals surface area contributed by atoms with E-state index >= 15 is 0 Å². The number of para-hydroxylation sites is 5. The summed E-state index contributed by atoms with van der Waals surface area (Å²) in [5.74, 6) is 3.21. The van der Waals surface area contributed by atoms with Crippen molar-refractivity contribution >= 4 is 11.0 Å². The number of ether oxygens (including phenoxy) is 3. The van der Waals surface area contributed by atoms with Crippen LogP contribution in [0.4, 0.5) is 0 Å². The van der Waals surface area contributed by atoms with Crippen LogP contribution in [0.15, 0.2) is 85.5 Å². The predicted molar refractivity (Wildman–Crippen MR) is 128 cm³/mol. The van der Waals surface area contributed by atoms with E-state index in [1.165, 1.54) is 0 Å². The number of imidazole rings is 1. The second-order valence-electron chi connectivity index (χ2n) is 7.41. The van der Waals surface area contributed by atoms with Crippen LogP contribution in [0.3, 0.4) is 0 Å². The van der Waals surface area contributed by atoms with Gasteiger partial charge in [0.15, 0.2) is 11.5 Å². The maximum atomic E-state index is 6.07. The molecule has 4 rings (SSSR count). The summed E-state index contributed by atoms with van der Waals surface area (Å²) in [6, 6.07) is 23.9. The monoisotopic (exact) mass is 428 g/mol. The fourth-order valence-corrected chi connectivity index (χ4v) is 3.74. The van der Waals surface area contributed by atoms with Crippen LogP contribution in [0.25, 0.3) is 11.0 Å². The summed E-state index contributed by atoms with van der Waals surface area (Å²) >= 11 is 0. The normalized spacial score (nSPS) is 10.8. The summed E-state index contributed by atoms with van der Waals surface area (Å²) < 4.78 is 19.7. The van der Waals surface area contributed by atoms with Crippen molar-refractivity contribution in [3.8, 4) is 17.2 Å². The molecule has 0 aliphatic heterocycles. The van der Waals surface area contributed by atoms with Crippen LogP contribution in [-0.2, 0) is 19.6 Å². The number of hydrogen-bond donors (Lipinski definition) is 0. The Balaban J connectivity index is 1.45. The first kappa shape index (κ1) is 21.5. The second-order valence-corrected chi connectivity index (χ2v) is 7.41. The SMILES string of the molecule is C=CCc1ccccc1OCCCn1c(COc2ccccc2OC)nc2ccccc21. The highest BCUT2D eigenvalue weighted by atomic mass is 16.5. The Kier molecular flexibility index (Phi) is 7.08. The van der Waals surface area contributed by atoms with E-state index in [1.807, 2.05) is 66.7 Å². The highest BCUT2D eigenvalue weighted by Crippen LogP contribution is 2.27. The zero-order chi connectivity index (χ0) is 22.2. The molecular formula is C27H28N2O3. The summed E-state index contributed by atoms with van der Waals surface area (Å²) in [4.78, 5) is 4.80. The number of aromatic nitrogens is 2. The van der Waals surface area contributed by atoms with Gasteiger partial charge < -0.3 is 18.8 Å². The van der Waals surface area contributed by atoms with Gasteiger partial charge in [-0.1, -0.05) is 48.5 Å². The molecule has 0 aliphatic rings. The van der Waals surface area contributed by atoms with Crippen LogP contribution in [0.1, 0.15) is 17.8 Å². The van der Waals surface area contributed by atoms with Crippen molar-refractivity contribution in [1.82, 2.24) is 9.55 Å². The standard InChI is InChI=1S/C27H28N2O3/c1-3-11-21-12-4-7-15-24(21)31-19-10-18-29-23-14-6-5-13-22(23)28-27(29)20-32-26-17-9-8-16-25(26)30-2/h3-9,12-17H,1,10-11,18-20H2,2H3. The van der Waals surface area contributed by atoms with E-state index in [9.17, 15) is 0 Å². The summed E-state index contributed by atoms with van der Waals surface area (Å²) in [6.45, 7) is 5.59. The molecule has 0 amide bonds. The van der Waals surface area contributed by atoms with Crippen LogP contribution in [-0.4, -0.2) is 23.3 Å². The average Bonchev–Trinajstić information content (AvgIpc) is 3.19. The molecule has 0 spiro atoms. The Morgan fingerprint density at radius 2 is 1.59 bits per heavy atom. The van der Waals surface area contributed by atoms with Crippen LogP contribution in [0, 0.1) is 0 Å². The summed E-state index contributed by atoms with van der Waals surface area (Å²) in [6.07, 6.45) is 3.55. The number of rotatable bonds is 11. The van der Waals surface area contributed by atoms with Crippen LogP contribution in [0.2, 0.25) is 0 Å². The summed E-state index contributed by atoms with van der Waals surface area (Å²) in [5, 5.41) is 0. The third kappa shape index (κ3) is 4.94. The van der Waals surface area contributed by atoms with E-state index < -0.39 is 0 Å². The average molecular weight is 429 g/mol. The highest BCUT2D eigenvalue weighted by Gasteiger charge is 2.12. The first-order chi connectivity index (χ1) is 15.8. The molecule has 5 nitrogen and oxygen atoms in total. The minimum absolute atomic E-state index is 0.359. The summed E-state index contributed by atoms with van der Waals surface area (Å²) in [7, 11) is 1.64. The van der Waals surface area contributed by atoms with Crippen LogP contribution in [0.5, 0.6) is 17.2 Å². The molecule has 1 heterocycles. The first-order valence-corrected chi connectivity index (χ1v) is 10.8. The molecule has 0 saturated carbocycles. The van der Waals surface area contributed by atoms with E-state index in [4.69, 9.17) is 19.2 Å². The largest absolute Gasteiger partial charge is 0.493 e. The van der Waals surface area contributed by atoms with Crippen molar-refractivity contribution in [1.29, 1.82) is 0 Å². The van der Waals surface area contributed by atoms with Gasteiger partial charge in [0.2, 0.25) is 0 Å². The molecule has 3 aromatic carbocycles. The van der Waals surface area contributed by atoms with Crippen LogP contribution < -0.4 is 14.2 Å². The molecule has 1 aromatic heterocycles. The van der Waals surface area contributed by atoms with E-state index in [-0.39, 0.29) is 0 Å². The van der Waals surface area contributed by atoms with E-state index in [1.54, 1.807) is 7.11 Å². The molecule has 0 N–H and O–H groups in total. The second kappa shape index (κ2) is 10.5. The van der Waals surface area contributed by atoms with Gasteiger partial charge in [-0.3, -0.25) is 0 Å². The van der Waals surface area contributed by atoms with Crippen molar-refractivity contribution in [3.05, 3.63) is 96.8 Å². The fraction of sp³-hybridized carbons (Fsp3) is 0.222. The molecule has 0 unspecified atom stereocenters. The molecule has 164 valence electrons. The molecule has 0 aliphatic carbocycles. The zero-order valence-corrected chi connectivity index (χ0v) is 18.4. The van der Waals surface area contributed by atoms with Gasteiger partial charge in [0.1, 0.15) is 18.2 Å². The maximum absolute atomic E-state index is 6.07. The number of hydrogen-bond acceptors (Lipinski definition) is 4. The molecular weight excluding hydrogens is 400 g/mol. The van der Waals surface area contributed by atoms with Gasteiger partial charge in [-0.2, -0.15) is 0 Å². The van der Waals surface area contributed by atoms with Gasteiger partial charge in [-0.15, -0.1) is 6.58 Å². The minimum atomic E-state index is 0.359. The van der Waals surface area contributed by atoms with Crippen LogP contribution >= 0.6 is 0 Å². The smallest absolute Gasteiger partial charge is 0.161 e. The van der Waals surface area contributed by atoms with Gasteiger partial charge in [0.25, 0.3) is 0 Å². The molecule has 32 heavy (non-hydrogen) atoms. The van der Waals surface area contributed by atoms with Crippen molar-refractivity contribution in [2.75, 3.05) is 13.7 Å². The Morgan fingerprint density at radius 1 is 0.875 bits per heavy atom. The van der Waals surface area contributed by atoms with Gasteiger partial charge in [0.05, 0.1) is 24.8 Å². The molecule has 0 bridgehead atoms. The molecule has 0 atom stereocenters. The molecule has 5 heteroatoms. The van der Waals surface area contributed by atoms with Gasteiger partial charge >= 0.3 is 0 Å². The summed E-state index contributed by atoms with van der Waals surface area (Å²) in [5.41, 5.74) is 3.21. The van der Waals surface area contributed by atoms with Crippen molar-refractivity contribution in [2.24, 2.45) is 0 Å². The maximum Gasteiger partial charge on any atom is 0.161 e. The third-order valence-corrected chi connectivity index (χ3v) is 5.28. The first-order valence-electron chi connectivity index (χ1n) is 10.8. The number of aryl methyl sites for hydroxylation is 1.